The van der Waals surface area contributed by atoms with Gasteiger partial charge in [-0.1, -0.05) is 0 Å². The molecule has 0 fully saturated rings. The Bertz CT molecular complexity index is 1520. The largest absolute Gasteiger partial charge is 0.497 e. The molecule has 1 unspecified atom stereocenters. The van der Waals surface area contributed by atoms with E-state index in [9.17, 15) is 27.9 Å². The number of nitrogens with two attached hydrogens (primary N) is 1. The SMILES string of the molecule is COc1cc(N)cc(OCCc2cc(C(F)(F)F)c(C)n2C(=N)C(C=N)c2cnc(OCCNC(C)=O)c(C(=O)O)c2)c1. The van der Waals surface area contributed by atoms with Gasteiger partial charge in [0.05, 0.1) is 31.7 Å². The number of benzene rings is 1. The number of hydrogen-bond donors (Lipinski definition) is 5. The molecule has 0 saturated carbocycles. The van der Waals surface area contributed by atoms with Crippen LogP contribution < -0.4 is 25.3 Å². The minimum atomic E-state index is -4.72. The number of rotatable bonds is 13. The average molecular weight is 605 g/mol. The van der Waals surface area contributed by atoms with Crippen LogP contribution in [0.25, 0.3) is 0 Å². The van der Waals surface area contributed by atoms with E-state index in [1.165, 1.54) is 33.2 Å². The van der Waals surface area contributed by atoms with Crippen molar-refractivity contribution in [3.05, 3.63) is 64.6 Å². The number of alkyl halides is 3. The third kappa shape index (κ3) is 8.02. The zero-order valence-electron chi connectivity index (χ0n) is 23.5. The lowest BCUT2D eigenvalue weighted by Gasteiger charge is -2.20. The number of methoxy groups -OCH3 is 1. The number of nitrogen functional groups attached to an aromatic ring is 1. The Morgan fingerprint density at radius 2 is 1.86 bits per heavy atom. The van der Waals surface area contributed by atoms with Gasteiger partial charge in [0, 0.05) is 61.0 Å². The molecule has 0 bridgehead atoms. The number of nitrogens with one attached hydrogen (secondary N) is 3. The maximum absolute atomic E-state index is 13.9. The summed E-state index contributed by atoms with van der Waals surface area (Å²) in [5.41, 5.74) is 4.72. The number of hydrogen-bond acceptors (Lipinski definition) is 9. The number of carbonyl (C=O) groups is 2. The van der Waals surface area contributed by atoms with Crippen molar-refractivity contribution in [3.63, 3.8) is 0 Å². The molecular formula is C28H31F3N6O6. The van der Waals surface area contributed by atoms with Gasteiger partial charge in [-0.2, -0.15) is 13.2 Å². The average Bonchev–Trinajstić information content (AvgIpc) is 3.27. The van der Waals surface area contributed by atoms with E-state index in [-0.39, 0.29) is 60.5 Å². The molecule has 1 aromatic carbocycles. The molecule has 2 heterocycles. The molecule has 3 aromatic rings. The first-order valence-electron chi connectivity index (χ1n) is 12.8. The second-order valence-electron chi connectivity index (χ2n) is 9.30. The standard InChI is InChI=1S/C28H31F3N6O6/c1-15-24(28(29,30)31)11-19(4-6-42-21-10-18(33)9-20(12-21)41-3)37(15)25(34)23(13-32)17-8-22(27(39)40)26(36-14-17)43-7-5-35-16(2)38/h8-14,23,32,34H,4-7,33H2,1-3H3,(H,35,38)(H,39,40). The maximum atomic E-state index is 13.9. The number of amides is 1. The van der Waals surface area contributed by atoms with Crippen molar-refractivity contribution in [2.45, 2.75) is 32.4 Å². The van der Waals surface area contributed by atoms with Gasteiger partial charge >= 0.3 is 12.1 Å². The Labute approximate surface area is 244 Å². The molecule has 0 aliphatic carbocycles. The molecule has 230 valence electrons. The summed E-state index contributed by atoms with van der Waals surface area (Å²) >= 11 is 0. The fourth-order valence-electron chi connectivity index (χ4n) is 4.30. The summed E-state index contributed by atoms with van der Waals surface area (Å²) < 4.78 is 58.9. The fraction of sp³-hybridized carbons (Fsp3) is 0.321. The molecule has 0 radical (unpaired) electrons. The van der Waals surface area contributed by atoms with Crippen LogP contribution in [0.3, 0.4) is 0 Å². The molecule has 6 N–H and O–H groups in total. The summed E-state index contributed by atoms with van der Waals surface area (Å²) in [6, 6.07) is 6.73. The summed E-state index contributed by atoms with van der Waals surface area (Å²) in [4.78, 5) is 27.0. The first kappa shape index (κ1) is 32.4. The Hall–Kier alpha value is -5.08. The number of carboxylic acid groups (broad SMARTS) is 1. The number of nitrogens with zero attached hydrogens (tertiary/aromatic N) is 2. The van der Waals surface area contributed by atoms with Crippen molar-refractivity contribution in [1.29, 1.82) is 10.8 Å². The monoisotopic (exact) mass is 604 g/mol. The Morgan fingerprint density at radius 3 is 2.47 bits per heavy atom. The van der Waals surface area contributed by atoms with E-state index in [2.05, 4.69) is 10.3 Å². The van der Waals surface area contributed by atoms with Gasteiger partial charge in [-0.05, 0) is 24.6 Å². The van der Waals surface area contributed by atoms with Crippen molar-refractivity contribution in [3.8, 4) is 17.4 Å². The first-order valence-corrected chi connectivity index (χ1v) is 12.8. The van der Waals surface area contributed by atoms with E-state index < -0.39 is 29.5 Å². The molecule has 2 aromatic heterocycles. The number of aromatic nitrogens is 2. The molecule has 0 spiro atoms. The van der Waals surface area contributed by atoms with Gasteiger partial charge in [-0.3, -0.25) is 10.2 Å². The fourth-order valence-corrected chi connectivity index (χ4v) is 4.30. The molecule has 3 rings (SSSR count). The van der Waals surface area contributed by atoms with Gasteiger partial charge in [-0.25, -0.2) is 9.78 Å². The third-order valence-corrected chi connectivity index (χ3v) is 6.27. The van der Waals surface area contributed by atoms with Crippen LogP contribution in [0.2, 0.25) is 0 Å². The van der Waals surface area contributed by atoms with Gasteiger partial charge in [0.1, 0.15) is 29.5 Å². The van der Waals surface area contributed by atoms with Crippen LogP contribution in [-0.4, -0.2) is 65.5 Å². The molecule has 43 heavy (non-hydrogen) atoms. The van der Waals surface area contributed by atoms with Crippen molar-refractivity contribution < 1.29 is 42.1 Å². The van der Waals surface area contributed by atoms with Crippen LogP contribution >= 0.6 is 0 Å². The third-order valence-electron chi connectivity index (χ3n) is 6.27. The second kappa shape index (κ2) is 13.7. The second-order valence-corrected chi connectivity index (χ2v) is 9.30. The van der Waals surface area contributed by atoms with Crippen LogP contribution in [0.4, 0.5) is 18.9 Å². The zero-order chi connectivity index (χ0) is 31.9. The van der Waals surface area contributed by atoms with Crippen LogP contribution in [-0.2, 0) is 17.4 Å². The highest BCUT2D eigenvalue weighted by molar-refractivity contribution is 6.02. The van der Waals surface area contributed by atoms with Crippen molar-refractivity contribution >= 4 is 29.6 Å². The Kier molecular flexibility index (Phi) is 10.4. The van der Waals surface area contributed by atoms with Crippen molar-refractivity contribution in [1.82, 2.24) is 14.9 Å². The predicted molar refractivity (Wildman–Crippen MR) is 151 cm³/mol. The van der Waals surface area contributed by atoms with Gasteiger partial charge in [-0.15, -0.1) is 0 Å². The molecule has 0 aliphatic rings. The lowest BCUT2D eigenvalue weighted by atomic mass is 9.98. The number of ether oxygens (including phenoxy) is 3. The molecule has 15 heteroatoms. The van der Waals surface area contributed by atoms with Gasteiger partial charge < -0.3 is 40.3 Å². The minimum absolute atomic E-state index is 0.0547. The van der Waals surface area contributed by atoms with Crippen LogP contribution in [0, 0.1) is 17.7 Å². The number of carboxylic acids is 1. The highest BCUT2D eigenvalue weighted by Crippen LogP contribution is 2.35. The van der Waals surface area contributed by atoms with Crippen molar-refractivity contribution in [2.24, 2.45) is 0 Å². The number of pyridine rings is 1. The van der Waals surface area contributed by atoms with E-state index in [0.717, 1.165) is 22.9 Å². The summed E-state index contributed by atoms with van der Waals surface area (Å²) in [6.45, 7) is 2.45. The van der Waals surface area contributed by atoms with E-state index in [0.29, 0.717) is 17.2 Å². The number of carbonyl (C=O) groups excluding carboxylic acids is 1. The predicted octanol–water partition coefficient (Wildman–Crippen LogP) is 3.89. The number of anilines is 1. The summed E-state index contributed by atoms with van der Waals surface area (Å²) in [6.07, 6.45) is -2.78. The minimum Gasteiger partial charge on any atom is -0.497 e. The summed E-state index contributed by atoms with van der Waals surface area (Å²) in [7, 11) is 1.45. The highest BCUT2D eigenvalue weighted by atomic mass is 19.4. The lowest BCUT2D eigenvalue weighted by molar-refractivity contribution is -0.138. The smallest absolute Gasteiger partial charge is 0.418 e. The molecule has 12 nitrogen and oxygen atoms in total. The molecule has 1 atom stereocenters. The van der Waals surface area contributed by atoms with E-state index in [4.69, 9.17) is 30.8 Å². The zero-order valence-corrected chi connectivity index (χ0v) is 23.5. The highest BCUT2D eigenvalue weighted by Gasteiger charge is 2.37. The van der Waals surface area contributed by atoms with Crippen LogP contribution in [0.15, 0.2) is 36.5 Å². The topological polar surface area (TPSA) is 186 Å². The lowest BCUT2D eigenvalue weighted by Crippen LogP contribution is -2.26. The molecular weight excluding hydrogens is 573 g/mol. The summed E-state index contributed by atoms with van der Waals surface area (Å²) in [5.74, 6) is -2.90. The maximum Gasteiger partial charge on any atom is 0.418 e. The Morgan fingerprint density at radius 1 is 1.16 bits per heavy atom. The van der Waals surface area contributed by atoms with E-state index in [1.54, 1.807) is 12.1 Å². The quantitative estimate of drug-likeness (QED) is 0.0841. The first-order chi connectivity index (χ1) is 20.3. The number of aromatic carboxylic acids is 1. The van der Waals surface area contributed by atoms with E-state index >= 15 is 0 Å². The molecule has 0 saturated heterocycles. The summed E-state index contributed by atoms with van der Waals surface area (Å²) in [5, 5.41) is 29.0. The van der Waals surface area contributed by atoms with Crippen molar-refractivity contribution in [2.75, 3.05) is 32.6 Å². The van der Waals surface area contributed by atoms with Crippen LogP contribution in [0.1, 0.15) is 45.7 Å². The molecule has 0 aliphatic heterocycles. The van der Waals surface area contributed by atoms with Gasteiger partial charge in [0.2, 0.25) is 11.8 Å². The van der Waals surface area contributed by atoms with E-state index in [1.807, 2.05) is 0 Å². The van der Waals surface area contributed by atoms with Gasteiger partial charge in [0.15, 0.2) is 0 Å². The van der Waals surface area contributed by atoms with Crippen LogP contribution in [0.5, 0.6) is 17.4 Å². The van der Waals surface area contributed by atoms with Gasteiger partial charge in [0.25, 0.3) is 0 Å². The normalized spacial score (nSPS) is 11.9. The Balaban J connectivity index is 1.93. The molecule has 1 amide bonds. The number of halogens is 3.